The van der Waals surface area contributed by atoms with Gasteiger partial charge in [0.2, 0.25) is 0 Å². The summed E-state index contributed by atoms with van der Waals surface area (Å²) in [6.45, 7) is 0. The maximum Gasteiger partial charge on any atom is 0.337 e. The van der Waals surface area contributed by atoms with Crippen molar-refractivity contribution in [1.82, 2.24) is 0 Å². The van der Waals surface area contributed by atoms with Gasteiger partial charge in [-0.2, -0.15) is 0 Å². The summed E-state index contributed by atoms with van der Waals surface area (Å²) in [7, 11) is 0. The van der Waals surface area contributed by atoms with Crippen molar-refractivity contribution in [3.63, 3.8) is 0 Å². The Morgan fingerprint density at radius 2 is 1.81 bits per heavy atom. The van der Waals surface area contributed by atoms with E-state index in [-0.39, 0.29) is 11.3 Å². The first kappa shape index (κ1) is 15.1. The molecule has 0 fully saturated rings. The number of rotatable bonds is 2. The van der Waals surface area contributed by atoms with Crippen LogP contribution in [-0.2, 0) is 4.79 Å². The monoisotopic (exact) mass is 391 g/mol. The fourth-order valence-corrected chi connectivity index (χ4v) is 2.10. The molecule has 0 unspecified atom stereocenters. The highest BCUT2D eigenvalue weighted by Gasteiger charge is 2.11. The van der Waals surface area contributed by atoms with Crippen LogP contribution in [0.1, 0.15) is 15.9 Å². The topological polar surface area (TPSA) is 66.4 Å². The van der Waals surface area contributed by atoms with Gasteiger partial charge < -0.3 is 10.4 Å². The third-order valence-electron chi connectivity index (χ3n) is 2.55. The van der Waals surface area contributed by atoms with E-state index in [2.05, 4.69) is 17.2 Å². The molecule has 2 rings (SSSR count). The highest BCUT2D eigenvalue weighted by molar-refractivity contribution is 14.1. The van der Waals surface area contributed by atoms with E-state index in [9.17, 15) is 9.59 Å². The standard InChI is InChI=1S/C16H10INO3/c17-12-7-8-14(13(10-12)16(20)21)18-15(19)9-6-11-4-2-1-3-5-11/h1-5,7-8,10H,(H,18,19)(H,20,21). The Balaban J connectivity index is 2.18. The molecular weight excluding hydrogens is 381 g/mol. The van der Waals surface area contributed by atoms with E-state index in [1.807, 2.05) is 40.8 Å². The number of halogens is 1. The molecule has 0 aromatic heterocycles. The number of hydrogen-bond acceptors (Lipinski definition) is 2. The number of nitrogens with one attached hydrogen (secondary N) is 1. The zero-order chi connectivity index (χ0) is 15.2. The van der Waals surface area contributed by atoms with Gasteiger partial charge in [-0.3, -0.25) is 4.79 Å². The molecule has 0 atom stereocenters. The maximum atomic E-state index is 11.8. The first-order valence-electron chi connectivity index (χ1n) is 5.97. The normalized spacial score (nSPS) is 9.38. The number of anilines is 1. The Kier molecular flexibility index (Phi) is 4.95. The third-order valence-corrected chi connectivity index (χ3v) is 3.23. The SMILES string of the molecule is O=C(C#Cc1ccccc1)Nc1ccc(I)cc1C(=O)O. The van der Waals surface area contributed by atoms with Gasteiger partial charge in [-0.25, -0.2) is 4.79 Å². The Hall–Kier alpha value is -2.33. The van der Waals surface area contributed by atoms with Gasteiger partial charge >= 0.3 is 11.9 Å². The first-order valence-corrected chi connectivity index (χ1v) is 7.05. The minimum absolute atomic E-state index is 0.0387. The Labute approximate surface area is 135 Å². The van der Waals surface area contributed by atoms with E-state index in [1.54, 1.807) is 24.3 Å². The predicted molar refractivity (Wildman–Crippen MR) is 88.1 cm³/mol. The Bertz CT molecular complexity index is 745. The Morgan fingerprint density at radius 1 is 1.10 bits per heavy atom. The number of carbonyl (C=O) groups is 2. The van der Waals surface area contributed by atoms with E-state index >= 15 is 0 Å². The van der Waals surface area contributed by atoms with Crippen molar-refractivity contribution in [2.45, 2.75) is 0 Å². The van der Waals surface area contributed by atoms with Gasteiger partial charge in [0.25, 0.3) is 0 Å². The second kappa shape index (κ2) is 6.90. The number of hydrogen-bond donors (Lipinski definition) is 2. The van der Waals surface area contributed by atoms with Crippen molar-refractivity contribution in [3.05, 3.63) is 63.2 Å². The predicted octanol–water partition coefficient (Wildman–Crippen LogP) is 2.98. The number of aromatic carboxylic acids is 1. The van der Waals surface area contributed by atoms with Crippen LogP contribution < -0.4 is 5.32 Å². The summed E-state index contributed by atoms with van der Waals surface area (Å²) in [5.41, 5.74) is 0.987. The molecule has 0 aliphatic rings. The second-order valence-corrected chi connectivity index (χ2v) is 5.31. The first-order chi connectivity index (χ1) is 10.1. The number of benzene rings is 2. The highest BCUT2D eigenvalue weighted by atomic mass is 127. The van der Waals surface area contributed by atoms with Gasteiger partial charge in [-0.05, 0) is 52.9 Å². The quantitative estimate of drug-likeness (QED) is 0.611. The van der Waals surface area contributed by atoms with Crippen LogP contribution in [0.15, 0.2) is 48.5 Å². The van der Waals surface area contributed by atoms with Crippen molar-refractivity contribution in [2.24, 2.45) is 0 Å². The lowest BCUT2D eigenvalue weighted by Crippen LogP contribution is -2.12. The van der Waals surface area contributed by atoms with Crippen LogP contribution in [0.2, 0.25) is 0 Å². The van der Waals surface area contributed by atoms with Gasteiger partial charge in [-0.1, -0.05) is 24.1 Å². The van der Waals surface area contributed by atoms with E-state index in [1.165, 1.54) is 6.07 Å². The number of carboxylic acids is 1. The van der Waals surface area contributed by atoms with Crippen LogP contribution in [0.5, 0.6) is 0 Å². The van der Waals surface area contributed by atoms with Gasteiger partial charge in [0, 0.05) is 15.1 Å². The molecule has 104 valence electrons. The Morgan fingerprint density at radius 3 is 2.48 bits per heavy atom. The summed E-state index contributed by atoms with van der Waals surface area (Å²) < 4.78 is 0.776. The van der Waals surface area contributed by atoms with Crippen LogP contribution in [0.4, 0.5) is 5.69 Å². The van der Waals surface area contributed by atoms with Crippen LogP contribution >= 0.6 is 22.6 Å². The molecule has 0 heterocycles. The van der Waals surface area contributed by atoms with Crippen LogP contribution in [0, 0.1) is 15.4 Å². The molecule has 0 saturated heterocycles. The average molecular weight is 391 g/mol. The summed E-state index contributed by atoms with van der Waals surface area (Å²) in [6.07, 6.45) is 0. The number of carboxylic acid groups (broad SMARTS) is 1. The van der Waals surface area contributed by atoms with Gasteiger partial charge in [0.05, 0.1) is 11.3 Å². The molecular formula is C16H10INO3. The molecule has 5 heteroatoms. The molecule has 2 N–H and O–H groups in total. The molecule has 0 radical (unpaired) electrons. The van der Waals surface area contributed by atoms with E-state index < -0.39 is 11.9 Å². The van der Waals surface area contributed by atoms with Crippen molar-refractivity contribution in [2.75, 3.05) is 5.32 Å². The summed E-state index contributed by atoms with van der Waals surface area (Å²) in [6, 6.07) is 13.8. The maximum absolute atomic E-state index is 11.8. The van der Waals surface area contributed by atoms with E-state index in [0.717, 1.165) is 3.57 Å². The summed E-state index contributed by atoms with van der Waals surface area (Å²) in [4.78, 5) is 22.9. The largest absolute Gasteiger partial charge is 0.478 e. The van der Waals surface area contributed by atoms with Gasteiger partial charge in [0.1, 0.15) is 0 Å². The summed E-state index contributed by atoms with van der Waals surface area (Å²) >= 11 is 2.01. The lowest BCUT2D eigenvalue weighted by atomic mass is 10.2. The van der Waals surface area contributed by atoms with Gasteiger partial charge in [0.15, 0.2) is 0 Å². The molecule has 0 aliphatic heterocycles. The molecule has 0 bridgehead atoms. The number of carbonyl (C=O) groups excluding carboxylic acids is 1. The van der Waals surface area contributed by atoms with Crippen LogP contribution in [0.3, 0.4) is 0 Å². The molecule has 4 nitrogen and oxygen atoms in total. The number of amides is 1. The molecule has 0 aliphatic carbocycles. The molecule has 0 spiro atoms. The smallest absolute Gasteiger partial charge is 0.337 e. The average Bonchev–Trinajstić information content (AvgIpc) is 2.48. The molecule has 2 aromatic carbocycles. The second-order valence-electron chi connectivity index (χ2n) is 4.07. The third kappa shape index (κ3) is 4.33. The van der Waals surface area contributed by atoms with E-state index in [4.69, 9.17) is 5.11 Å². The minimum Gasteiger partial charge on any atom is -0.478 e. The van der Waals surface area contributed by atoms with Gasteiger partial charge in [-0.15, -0.1) is 0 Å². The summed E-state index contributed by atoms with van der Waals surface area (Å²) in [5, 5.41) is 11.6. The fourth-order valence-electron chi connectivity index (χ4n) is 1.61. The lowest BCUT2D eigenvalue weighted by molar-refractivity contribution is -0.111. The molecule has 2 aromatic rings. The lowest BCUT2D eigenvalue weighted by Gasteiger charge is -2.06. The fraction of sp³-hybridized carbons (Fsp3) is 0. The molecule has 1 amide bonds. The zero-order valence-electron chi connectivity index (χ0n) is 10.8. The zero-order valence-corrected chi connectivity index (χ0v) is 12.9. The van der Waals surface area contributed by atoms with Crippen LogP contribution in [0.25, 0.3) is 0 Å². The van der Waals surface area contributed by atoms with E-state index in [0.29, 0.717) is 5.56 Å². The summed E-state index contributed by atoms with van der Waals surface area (Å²) in [5.74, 6) is 3.50. The highest BCUT2D eigenvalue weighted by Crippen LogP contribution is 2.18. The van der Waals surface area contributed by atoms with Crippen molar-refractivity contribution in [1.29, 1.82) is 0 Å². The minimum atomic E-state index is -1.10. The van der Waals surface area contributed by atoms with Crippen molar-refractivity contribution < 1.29 is 14.7 Å². The molecule has 21 heavy (non-hydrogen) atoms. The van der Waals surface area contributed by atoms with Crippen molar-refractivity contribution in [3.8, 4) is 11.8 Å². The van der Waals surface area contributed by atoms with Crippen molar-refractivity contribution >= 4 is 40.2 Å². The van der Waals surface area contributed by atoms with Crippen LogP contribution in [-0.4, -0.2) is 17.0 Å². The molecule has 0 saturated carbocycles.